The van der Waals surface area contributed by atoms with E-state index in [1.807, 2.05) is 24.3 Å². The number of nitrogens with one attached hydrogen (secondary N) is 1. The molecule has 1 aromatic heterocycles. The number of aromatic nitrogens is 1. The van der Waals surface area contributed by atoms with Gasteiger partial charge < -0.3 is 14.8 Å². The SMILES string of the molecule is COc1ccccc1OCCNC(=O)c1ccc(Cl)nc1. The van der Waals surface area contributed by atoms with Crippen molar-refractivity contribution in [3.8, 4) is 11.5 Å². The van der Waals surface area contributed by atoms with Crippen LogP contribution < -0.4 is 14.8 Å². The number of ether oxygens (including phenoxy) is 2. The summed E-state index contributed by atoms with van der Waals surface area (Å²) in [6.45, 7) is 0.715. The van der Waals surface area contributed by atoms with Crippen LogP contribution in [0.15, 0.2) is 42.6 Å². The predicted octanol–water partition coefficient (Wildman–Crippen LogP) is 2.55. The van der Waals surface area contributed by atoms with E-state index in [4.69, 9.17) is 21.1 Å². The summed E-state index contributed by atoms with van der Waals surface area (Å²) in [7, 11) is 1.58. The molecule has 1 N–H and O–H groups in total. The molecule has 0 spiro atoms. The molecule has 0 radical (unpaired) electrons. The van der Waals surface area contributed by atoms with Gasteiger partial charge in [-0.05, 0) is 24.3 Å². The highest BCUT2D eigenvalue weighted by Crippen LogP contribution is 2.25. The molecule has 0 aliphatic carbocycles. The molecular weight excluding hydrogens is 292 g/mol. The topological polar surface area (TPSA) is 60.5 Å². The van der Waals surface area contributed by atoms with Crippen LogP contribution in [0.2, 0.25) is 5.15 Å². The molecule has 1 amide bonds. The van der Waals surface area contributed by atoms with Gasteiger partial charge in [0.15, 0.2) is 11.5 Å². The van der Waals surface area contributed by atoms with Gasteiger partial charge in [0.1, 0.15) is 11.8 Å². The molecule has 1 heterocycles. The van der Waals surface area contributed by atoms with Crippen LogP contribution in [0.4, 0.5) is 0 Å². The van der Waals surface area contributed by atoms with Gasteiger partial charge in [-0.15, -0.1) is 0 Å². The minimum atomic E-state index is -0.220. The van der Waals surface area contributed by atoms with Gasteiger partial charge in [-0.25, -0.2) is 4.98 Å². The molecule has 1 aromatic carbocycles. The van der Waals surface area contributed by atoms with Crippen molar-refractivity contribution in [2.45, 2.75) is 0 Å². The number of carbonyl (C=O) groups excluding carboxylic acids is 1. The average Bonchev–Trinajstić information content (AvgIpc) is 2.52. The van der Waals surface area contributed by atoms with Crippen molar-refractivity contribution in [1.29, 1.82) is 0 Å². The molecule has 110 valence electrons. The van der Waals surface area contributed by atoms with Crippen molar-refractivity contribution in [2.24, 2.45) is 0 Å². The van der Waals surface area contributed by atoms with E-state index in [0.717, 1.165) is 0 Å². The maximum atomic E-state index is 11.8. The van der Waals surface area contributed by atoms with Gasteiger partial charge in [-0.1, -0.05) is 23.7 Å². The fourth-order valence-corrected chi connectivity index (χ4v) is 1.79. The molecule has 0 aliphatic heterocycles. The number of rotatable bonds is 6. The molecule has 0 saturated carbocycles. The van der Waals surface area contributed by atoms with Crippen LogP contribution in [0, 0.1) is 0 Å². The number of para-hydroxylation sites is 2. The number of amides is 1. The minimum absolute atomic E-state index is 0.220. The van der Waals surface area contributed by atoms with Crippen LogP contribution >= 0.6 is 11.6 Å². The second-order valence-electron chi connectivity index (χ2n) is 4.12. The normalized spacial score (nSPS) is 10.0. The van der Waals surface area contributed by atoms with Crippen molar-refractivity contribution in [2.75, 3.05) is 20.3 Å². The van der Waals surface area contributed by atoms with Crippen molar-refractivity contribution >= 4 is 17.5 Å². The van der Waals surface area contributed by atoms with Crippen molar-refractivity contribution < 1.29 is 14.3 Å². The van der Waals surface area contributed by atoms with E-state index in [1.54, 1.807) is 19.2 Å². The van der Waals surface area contributed by atoms with Gasteiger partial charge in [0.05, 0.1) is 19.2 Å². The summed E-state index contributed by atoms with van der Waals surface area (Å²) in [6.07, 6.45) is 1.43. The zero-order valence-electron chi connectivity index (χ0n) is 11.5. The lowest BCUT2D eigenvalue weighted by Gasteiger charge is -2.10. The zero-order valence-corrected chi connectivity index (χ0v) is 12.3. The standard InChI is InChI=1S/C15H15ClN2O3/c1-20-12-4-2-3-5-13(12)21-9-8-17-15(19)11-6-7-14(16)18-10-11/h2-7,10H,8-9H2,1H3,(H,17,19). The lowest BCUT2D eigenvalue weighted by atomic mass is 10.3. The average molecular weight is 307 g/mol. The third-order valence-electron chi connectivity index (χ3n) is 2.70. The highest BCUT2D eigenvalue weighted by atomic mass is 35.5. The van der Waals surface area contributed by atoms with Gasteiger partial charge in [-0.2, -0.15) is 0 Å². The van der Waals surface area contributed by atoms with Crippen molar-refractivity contribution in [3.63, 3.8) is 0 Å². The fraction of sp³-hybridized carbons (Fsp3) is 0.200. The molecule has 0 aliphatic rings. The van der Waals surface area contributed by atoms with E-state index < -0.39 is 0 Å². The molecule has 0 bridgehead atoms. The number of methoxy groups -OCH3 is 1. The molecule has 0 fully saturated rings. The van der Waals surface area contributed by atoms with E-state index >= 15 is 0 Å². The van der Waals surface area contributed by atoms with Crippen LogP contribution in [0.5, 0.6) is 11.5 Å². The number of hydrogen-bond donors (Lipinski definition) is 1. The molecule has 0 unspecified atom stereocenters. The Morgan fingerprint density at radius 1 is 1.24 bits per heavy atom. The second-order valence-corrected chi connectivity index (χ2v) is 4.51. The Balaban J connectivity index is 1.79. The summed E-state index contributed by atoms with van der Waals surface area (Å²) >= 11 is 5.66. The van der Waals surface area contributed by atoms with Gasteiger partial charge in [0.25, 0.3) is 5.91 Å². The summed E-state index contributed by atoms with van der Waals surface area (Å²) in [5, 5.41) is 3.09. The largest absolute Gasteiger partial charge is 0.493 e. The van der Waals surface area contributed by atoms with E-state index in [9.17, 15) is 4.79 Å². The van der Waals surface area contributed by atoms with E-state index in [-0.39, 0.29) is 5.91 Å². The third-order valence-corrected chi connectivity index (χ3v) is 2.93. The molecule has 0 atom stereocenters. The summed E-state index contributed by atoms with van der Waals surface area (Å²) in [4.78, 5) is 15.7. The molecule has 0 saturated heterocycles. The molecule has 6 heteroatoms. The van der Waals surface area contributed by atoms with Crippen LogP contribution in [0.1, 0.15) is 10.4 Å². The van der Waals surface area contributed by atoms with Gasteiger partial charge in [0, 0.05) is 6.20 Å². The predicted molar refractivity (Wildman–Crippen MR) is 80.1 cm³/mol. The van der Waals surface area contributed by atoms with Crippen LogP contribution in [0.3, 0.4) is 0 Å². The van der Waals surface area contributed by atoms with E-state index in [1.165, 1.54) is 6.20 Å². The van der Waals surface area contributed by atoms with Crippen LogP contribution in [-0.4, -0.2) is 31.2 Å². The summed E-state index contributed by atoms with van der Waals surface area (Å²) in [6, 6.07) is 10.5. The first-order valence-corrected chi connectivity index (χ1v) is 6.74. The second kappa shape index (κ2) is 7.50. The maximum Gasteiger partial charge on any atom is 0.252 e. The summed E-state index contributed by atoms with van der Waals surface area (Å²) in [5.74, 6) is 1.08. The minimum Gasteiger partial charge on any atom is -0.493 e. The summed E-state index contributed by atoms with van der Waals surface area (Å²) < 4.78 is 10.7. The Morgan fingerprint density at radius 3 is 2.67 bits per heavy atom. The van der Waals surface area contributed by atoms with Crippen LogP contribution in [-0.2, 0) is 0 Å². The zero-order chi connectivity index (χ0) is 15.1. The first-order valence-electron chi connectivity index (χ1n) is 6.36. The van der Waals surface area contributed by atoms with Gasteiger partial charge >= 0.3 is 0 Å². The smallest absolute Gasteiger partial charge is 0.252 e. The van der Waals surface area contributed by atoms with Gasteiger partial charge in [-0.3, -0.25) is 4.79 Å². The Hall–Kier alpha value is -2.27. The molecular formula is C15H15ClN2O3. The number of pyridine rings is 1. The number of benzene rings is 1. The monoisotopic (exact) mass is 306 g/mol. The number of carbonyl (C=O) groups is 1. The Morgan fingerprint density at radius 2 is 2.00 bits per heavy atom. The Bertz CT molecular complexity index is 602. The summed E-state index contributed by atoms with van der Waals surface area (Å²) in [5.41, 5.74) is 0.455. The maximum absolute atomic E-state index is 11.8. The Labute approximate surface area is 127 Å². The van der Waals surface area contributed by atoms with Crippen LogP contribution in [0.25, 0.3) is 0 Å². The molecule has 2 rings (SSSR count). The molecule has 21 heavy (non-hydrogen) atoms. The number of hydrogen-bond acceptors (Lipinski definition) is 4. The third kappa shape index (κ3) is 4.36. The number of halogens is 1. The van der Waals surface area contributed by atoms with Gasteiger partial charge in [0.2, 0.25) is 0 Å². The lowest BCUT2D eigenvalue weighted by molar-refractivity contribution is 0.0946. The van der Waals surface area contributed by atoms with E-state index in [0.29, 0.717) is 35.4 Å². The molecule has 2 aromatic rings. The quantitative estimate of drug-likeness (QED) is 0.658. The molecule has 5 nitrogen and oxygen atoms in total. The van der Waals surface area contributed by atoms with E-state index in [2.05, 4.69) is 10.3 Å². The fourth-order valence-electron chi connectivity index (χ4n) is 1.68. The van der Waals surface area contributed by atoms with Crippen molar-refractivity contribution in [1.82, 2.24) is 10.3 Å². The number of nitrogens with zero attached hydrogens (tertiary/aromatic N) is 1. The lowest BCUT2D eigenvalue weighted by Crippen LogP contribution is -2.28. The first kappa shape index (κ1) is 15.1. The van der Waals surface area contributed by atoms with Crippen molar-refractivity contribution in [3.05, 3.63) is 53.3 Å². The first-order chi connectivity index (χ1) is 10.2. The highest BCUT2D eigenvalue weighted by molar-refractivity contribution is 6.29. The Kier molecular flexibility index (Phi) is 5.40. The highest BCUT2D eigenvalue weighted by Gasteiger charge is 2.06.